The maximum absolute atomic E-state index is 12.1. The molecule has 2 N–H and O–H groups in total. The van der Waals surface area contributed by atoms with Crippen molar-refractivity contribution in [2.45, 2.75) is 0 Å². The normalized spacial score (nSPS) is 10.0. The van der Waals surface area contributed by atoms with Crippen LogP contribution in [0.1, 0.15) is 10.4 Å². The molecule has 1 aromatic carbocycles. The van der Waals surface area contributed by atoms with E-state index in [0.717, 1.165) is 0 Å². The maximum atomic E-state index is 12.1. The molecule has 0 spiro atoms. The number of nitrogens with one attached hydrogen (secondary N) is 2. The Morgan fingerprint density at radius 2 is 2.14 bits per heavy atom. The lowest BCUT2D eigenvalue weighted by Crippen LogP contribution is -2.13. The number of carbonyl (C=O) groups is 1. The van der Waals surface area contributed by atoms with E-state index < -0.39 is 10.8 Å². The van der Waals surface area contributed by atoms with Gasteiger partial charge in [-0.1, -0.05) is 0 Å². The van der Waals surface area contributed by atoms with Crippen molar-refractivity contribution >= 4 is 39.0 Å². The third-order valence-electron chi connectivity index (χ3n) is 2.72. The average molecular weight is 351 g/mol. The van der Waals surface area contributed by atoms with E-state index in [1.165, 1.54) is 24.4 Å². The van der Waals surface area contributed by atoms with Gasteiger partial charge in [0.2, 0.25) is 0 Å². The lowest BCUT2D eigenvalue weighted by molar-refractivity contribution is -0.384. The Kier molecular flexibility index (Phi) is 4.49. The van der Waals surface area contributed by atoms with Gasteiger partial charge in [-0.25, -0.2) is 4.98 Å². The number of hydrogen-bond donors (Lipinski definition) is 2. The first kappa shape index (κ1) is 14.9. The number of nitro benzene ring substituents is 1. The van der Waals surface area contributed by atoms with Crippen LogP contribution in [0.15, 0.2) is 41.0 Å². The number of carbonyl (C=O) groups excluding carboxylic acids is 1. The van der Waals surface area contributed by atoms with Crippen LogP contribution in [0.4, 0.5) is 17.2 Å². The molecule has 1 amide bonds. The first-order chi connectivity index (χ1) is 10.0. The minimum Gasteiger partial charge on any atom is -0.383 e. The second-order valence-corrected chi connectivity index (χ2v) is 4.88. The lowest BCUT2D eigenvalue weighted by atomic mass is 10.1. The monoisotopic (exact) mass is 350 g/mol. The van der Waals surface area contributed by atoms with Crippen LogP contribution in [0.5, 0.6) is 0 Å². The van der Waals surface area contributed by atoms with E-state index in [-0.39, 0.29) is 11.3 Å². The number of rotatable bonds is 4. The van der Waals surface area contributed by atoms with Gasteiger partial charge in [0.15, 0.2) is 0 Å². The van der Waals surface area contributed by atoms with E-state index >= 15 is 0 Å². The van der Waals surface area contributed by atoms with Crippen molar-refractivity contribution in [2.24, 2.45) is 0 Å². The van der Waals surface area contributed by atoms with E-state index in [1.54, 1.807) is 19.2 Å². The van der Waals surface area contributed by atoms with Crippen LogP contribution in [-0.2, 0) is 0 Å². The summed E-state index contributed by atoms with van der Waals surface area (Å²) in [7, 11) is 1.58. The molecule has 0 radical (unpaired) electrons. The van der Waals surface area contributed by atoms with Crippen molar-refractivity contribution in [1.82, 2.24) is 4.98 Å². The summed E-state index contributed by atoms with van der Waals surface area (Å²) < 4.78 is 0.625. The summed E-state index contributed by atoms with van der Waals surface area (Å²) in [6, 6.07) is 7.66. The van der Waals surface area contributed by atoms with Crippen molar-refractivity contribution < 1.29 is 9.72 Å². The summed E-state index contributed by atoms with van der Waals surface area (Å²) in [5.74, 6) is -0.122. The van der Waals surface area contributed by atoms with Gasteiger partial charge in [0.05, 0.1) is 9.40 Å². The van der Waals surface area contributed by atoms with Crippen LogP contribution in [0.25, 0.3) is 0 Å². The molecule has 2 aromatic rings. The van der Waals surface area contributed by atoms with Crippen LogP contribution >= 0.6 is 15.9 Å². The molecule has 108 valence electrons. The van der Waals surface area contributed by atoms with E-state index in [9.17, 15) is 14.9 Å². The van der Waals surface area contributed by atoms with Gasteiger partial charge in [-0.3, -0.25) is 14.9 Å². The highest BCUT2D eigenvalue weighted by Gasteiger charge is 2.17. The summed E-state index contributed by atoms with van der Waals surface area (Å²) in [6.07, 6.45) is 1.53. The van der Waals surface area contributed by atoms with Crippen LogP contribution in [0.3, 0.4) is 0 Å². The Morgan fingerprint density at radius 1 is 1.38 bits per heavy atom. The molecule has 2 rings (SSSR count). The van der Waals surface area contributed by atoms with Crippen molar-refractivity contribution in [3.63, 3.8) is 0 Å². The first-order valence-electron chi connectivity index (χ1n) is 5.91. The van der Waals surface area contributed by atoms with Crippen molar-refractivity contribution in [2.75, 3.05) is 17.7 Å². The van der Waals surface area contributed by atoms with Gasteiger partial charge in [0.1, 0.15) is 11.5 Å². The molecule has 8 heteroatoms. The molecule has 21 heavy (non-hydrogen) atoms. The van der Waals surface area contributed by atoms with Gasteiger partial charge in [0.25, 0.3) is 11.6 Å². The van der Waals surface area contributed by atoms with E-state index in [2.05, 4.69) is 31.5 Å². The maximum Gasteiger partial charge on any atom is 0.293 e. The Morgan fingerprint density at radius 3 is 2.76 bits per heavy atom. The second kappa shape index (κ2) is 6.31. The van der Waals surface area contributed by atoms with Crippen LogP contribution < -0.4 is 10.6 Å². The largest absolute Gasteiger partial charge is 0.383 e. The Labute approximate surface area is 128 Å². The molecular formula is C13H11BrN4O3. The molecule has 0 aliphatic heterocycles. The molecule has 0 unspecified atom stereocenters. The number of anilines is 2. The predicted octanol–water partition coefficient (Wildman–Crippen LogP) is 3.05. The van der Waals surface area contributed by atoms with Gasteiger partial charge >= 0.3 is 0 Å². The fraction of sp³-hybridized carbons (Fsp3) is 0.0769. The highest BCUT2D eigenvalue weighted by molar-refractivity contribution is 9.10. The third-order valence-corrected chi connectivity index (χ3v) is 3.36. The average Bonchev–Trinajstić information content (AvgIpc) is 2.48. The van der Waals surface area contributed by atoms with E-state index in [4.69, 9.17) is 0 Å². The van der Waals surface area contributed by atoms with E-state index in [0.29, 0.717) is 16.0 Å². The number of nitro groups is 1. The summed E-state index contributed by atoms with van der Waals surface area (Å²) in [5, 5.41) is 16.3. The van der Waals surface area contributed by atoms with Crippen LogP contribution in [0, 0.1) is 10.1 Å². The fourth-order valence-electron chi connectivity index (χ4n) is 1.69. The van der Waals surface area contributed by atoms with Gasteiger partial charge in [-0.15, -0.1) is 0 Å². The highest BCUT2D eigenvalue weighted by atomic mass is 79.9. The standard InChI is InChI=1S/C13H11BrN4O3/c1-15-10-5-4-8(7-11(10)18(20)21)13(19)17-12-9(14)3-2-6-16-12/h2-7,15H,1H3,(H,16,17,19). The van der Waals surface area contributed by atoms with Crippen LogP contribution in [-0.4, -0.2) is 22.9 Å². The number of benzene rings is 1. The zero-order valence-corrected chi connectivity index (χ0v) is 12.5. The molecule has 0 bridgehead atoms. The molecule has 0 atom stereocenters. The Hall–Kier alpha value is -2.48. The number of aromatic nitrogens is 1. The summed E-state index contributed by atoms with van der Waals surface area (Å²) in [4.78, 5) is 26.6. The van der Waals surface area contributed by atoms with Gasteiger partial charge in [0, 0.05) is 24.9 Å². The topological polar surface area (TPSA) is 97.2 Å². The molecule has 0 saturated heterocycles. The molecule has 7 nitrogen and oxygen atoms in total. The second-order valence-electron chi connectivity index (χ2n) is 4.03. The minimum absolute atomic E-state index is 0.162. The quantitative estimate of drug-likeness (QED) is 0.652. The van der Waals surface area contributed by atoms with Gasteiger partial charge < -0.3 is 10.6 Å². The van der Waals surface area contributed by atoms with Crippen molar-refractivity contribution in [3.8, 4) is 0 Å². The summed E-state index contributed by atoms with van der Waals surface area (Å²) in [5.41, 5.74) is 0.360. The molecule has 1 heterocycles. The van der Waals surface area contributed by atoms with E-state index in [1.807, 2.05) is 0 Å². The third kappa shape index (κ3) is 3.34. The molecule has 0 fully saturated rings. The predicted molar refractivity (Wildman–Crippen MR) is 82.5 cm³/mol. The first-order valence-corrected chi connectivity index (χ1v) is 6.70. The zero-order valence-electron chi connectivity index (χ0n) is 11.0. The summed E-state index contributed by atoms with van der Waals surface area (Å²) >= 11 is 3.26. The summed E-state index contributed by atoms with van der Waals surface area (Å²) in [6.45, 7) is 0. The molecular weight excluding hydrogens is 340 g/mol. The number of amides is 1. The number of hydrogen-bond acceptors (Lipinski definition) is 5. The zero-order chi connectivity index (χ0) is 15.4. The van der Waals surface area contributed by atoms with Crippen LogP contribution in [0.2, 0.25) is 0 Å². The van der Waals surface area contributed by atoms with Gasteiger partial charge in [-0.2, -0.15) is 0 Å². The smallest absolute Gasteiger partial charge is 0.293 e. The molecule has 0 aliphatic carbocycles. The molecule has 0 aliphatic rings. The lowest BCUT2D eigenvalue weighted by Gasteiger charge is -2.07. The Balaban J connectivity index is 2.30. The molecule has 1 aromatic heterocycles. The Bertz CT molecular complexity index is 706. The number of halogens is 1. The number of pyridine rings is 1. The van der Waals surface area contributed by atoms with Gasteiger partial charge in [-0.05, 0) is 40.2 Å². The van der Waals surface area contributed by atoms with Crippen molar-refractivity contribution in [1.29, 1.82) is 0 Å². The highest BCUT2D eigenvalue weighted by Crippen LogP contribution is 2.26. The SMILES string of the molecule is CNc1ccc(C(=O)Nc2ncccc2Br)cc1[N+](=O)[O-]. The minimum atomic E-state index is -0.542. The van der Waals surface area contributed by atoms with Crippen molar-refractivity contribution in [3.05, 3.63) is 56.7 Å². The fourth-order valence-corrected chi connectivity index (χ4v) is 2.05. The molecule has 0 saturated carbocycles. The number of nitrogens with zero attached hydrogens (tertiary/aromatic N) is 2.